The van der Waals surface area contributed by atoms with Gasteiger partial charge >= 0.3 is 6.18 Å². The lowest BCUT2D eigenvalue weighted by molar-refractivity contribution is -0.137. The predicted molar refractivity (Wildman–Crippen MR) is 118 cm³/mol. The van der Waals surface area contributed by atoms with E-state index < -0.39 is 51.1 Å². The smallest absolute Gasteiger partial charge is 0.346 e. The van der Waals surface area contributed by atoms with E-state index in [4.69, 9.17) is 11.6 Å². The first-order valence-corrected chi connectivity index (χ1v) is 11.9. The van der Waals surface area contributed by atoms with Crippen LogP contribution in [0.15, 0.2) is 71.6 Å². The molecule has 0 spiro atoms. The maximum Gasteiger partial charge on any atom is 0.417 e. The molecule has 180 valence electrons. The highest BCUT2D eigenvalue weighted by atomic mass is 35.5. The number of amides is 1. The summed E-state index contributed by atoms with van der Waals surface area (Å²) in [6.45, 7) is -1.28. The Labute approximate surface area is 197 Å². The topological polar surface area (TPSA) is 63.2 Å². The molecule has 0 aliphatic heterocycles. The minimum absolute atomic E-state index is 0.0911. The Morgan fingerprint density at radius 3 is 2.03 bits per heavy atom. The summed E-state index contributed by atoms with van der Waals surface area (Å²) < 4.78 is 91.9. The van der Waals surface area contributed by atoms with Crippen molar-refractivity contribution < 1.29 is 35.2 Å². The van der Waals surface area contributed by atoms with Crippen molar-refractivity contribution in [2.75, 3.05) is 12.8 Å². The van der Waals surface area contributed by atoms with E-state index in [-0.39, 0.29) is 9.92 Å². The van der Waals surface area contributed by atoms with Gasteiger partial charge in [-0.3, -0.25) is 4.79 Å². The van der Waals surface area contributed by atoms with Crippen molar-refractivity contribution in [2.24, 2.45) is 0 Å². The van der Waals surface area contributed by atoms with Crippen molar-refractivity contribution in [2.45, 2.75) is 17.0 Å². The summed E-state index contributed by atoms with van der Waals surface area (Å²) in [7, 11) is -3.40. The number of rotatable bonds is 6. The molecule has 1 N–H and O–H groups in total. The highest BCUT2D eigenvalue weighted by Crippen LogP contribution is 2.36. The molecule has 4 nitrogen and oxygen atoms in total. The number of carbonyl (C=O) groups is 1. The van der Waals surface area contributed by atoms with Gasteiger partial charge < -0.3 is 5.32 Å². The minimum atomic E-state index is -4.82. The molecule has 3 aromatic rings. The highest BCUT2D eigenvalue weighted by molar-refractivity contribution is 7.90. The Morgan fingerprint density at radius 2 is 1.47 bits per heavy atom. The Balaban J connectivity index is 1.79. The molecule has 0 aliphatic rings. The fraction of sp³-hybridized carbons (Fsp3) is 0.174. The van der Waals surface area contributed by atoms with Crippen LogP contribution in [0.4, 0.5) is 22.0 Å². The van der Waals surface area contributed by atoms with Gasteiger partial charge in [-0.05, 0) is 41.5 Å². The molecule has 11 heteroatoms. The maximum absolute atomic E-state index is 14.8. The fourth-order valence-corrected chi connectivity index (χ4v) is 4.15. The molecule has 3 rings (SSSR count). The summed E-state index contributed by atoms with van der Waals surface area (Å²) in [6.07, 6.45) is -3.77. The van der Waals surface area contributed by atoms with Crippen LogP contribution in [-0.4, -0.2) is 27.1 Å². The molecule has 0 saturated heterocycles. The van der Waals surface area contributed by atoms with E-state index in [1.807, 2.05) is 5.32 Å². The van der Waals surface area contributed by atoms with E-state index >= 15 is 0 Å². The zero-order chi connectivity index (χ0) is 25.3. The summed E-state index contributed by atoms with van der Waals surface area (Å²) in [5.74, 6) is -4.98. The van der Waals surface area contributed by atoms with Crippen LogP contribution in [0.3, 0.4) is 0 Å². The van der Waals surface area contributed by atoms with E-state index in [1.165, 1.54) is 42.5 Å². The van der Waals surface area contributed by atoms with Gasteiger partial charge in [-0.2, -0.15) is 22.0 Å². The molecule has 3 aromatic carbocycles. The van der Waals surface area contributed by atoms with Crippen LogP contribution in [0.5, 0.6) is 0 Å². The first-order chi connectivity index (χ1) is 15.7. The average molecular weight is 518 g/mol. The van der Waals surface area contributed by atoms with Crippen LogP contribution >= 0.6 is 11.6 Å². The Morgan fingerprint density at radius 1 is 0.882 bits per heavy atom. The summed E-state index contributed by atoms with van der Waals surface area (Å²) in [4.78, 5) is 12.3. The molecule has 0 heterocycles. The van der Waals surface area contributed by atoms with Crippen molar-refractivity contribution in [3.8, 4) is 11.1 Å². The standard InChI is InChI=1S/C23H17ClF5NO3S/c1-34(32,33)16-9-6-14(7-10-16)15-8-11-19(20(24)12-15)22(25,26)13-30-21(31)17-4-2-3-5-18(17)23(27,28)29/h2-12H,13H2,1H3,(H,30,31). The second kappa shape index (κ2) is 9.34. The Bertz CT molecular complexity index is 1320. The first-order valence-electron chi connectivity index (χ1n) is 9.63. The number of nitrogens with one attached hydrogen (secondary N) is 1. The molecule has 0 aliphatic carbocycles. The molecule has 1 amide bonds. The van der Waals surface area contributed by atoms with Gasteiger partial charge in [0.15, 0.2) is 9.84 Å². The molecule has 0 bridgehead atoms. The van der Waals surface area contributed by atoms with Crippen molar-refractivity contribution in [1.82, 2.24) is 5.32 Å². The normalized spacial score (nSPS) is 12.4. The zero-order valence-corrected chi connectivity index (χ0v) is 19.0. The molecular weight excluding hydrogens is 501 g/mol. The first kappa shape index (κ1) is 25.6. The number of halogens is 6. The van der Waals surface area contributed by atoms with Gasteiger partial charge in [0.05, 0.1) is 27.6 Å². The van der Waals surface area contributed by atoms with Gasteiger partial charge in [-0.15, -0.1) is 0 Å². The third kappa shape index (κ3) is 5.74. The van der Waals surface area contributed by atoms with Crippen LogP contribution < -0.4 is 5.32 Å². The average Bonchev–Trinajstić information content (AvgIpc) is 2.76. The third-order valence-electron chi connectivity index (χ3n) is 4.93. The predicted octanol–water partition coefficient (Wildman–Crippen LogP) is 5.95. The third-order valence-corrected chi connectivity index (χ3v) is 6.37. The SMILES string of the molecule is CS(=O)(=O)c1ccc(-c2ccc(C(F)(F)CNC(=O)c3ccccc3C(F)(F)F)c(Cl)c2)cc1. The molecule has 0 aromatic heterocycles. The lowest BCUT2D eigenvalue weighted by atomic mass is 10.0. The van der Waals surface area contributed by atoms with Crippen molar-refractivity contribution >= 4 is 27.3 Å². The zero-order valence-electron chi connectivity index (χ0n) is 17.5. The molecule has 0 atom stereocenters. The van der Waals surface area contributed by atoms with E-state index in [0.717, 1.165) is 24.5 Å². The van der Waals surface area contributed by atoms with Crippen molar-refractivity contribution in [1.29, 1.82) is 0 Å². The number of sulfone groups is 1. The number of hydrogen-bond acceptors (Lipinski definition) is 3. The van der Waals surface area contributed by atoms with Crippen LogP contribution in [0.1, 0.15) is 21.5 Å². The number of alkyl halides is 5. The highest BCUT2D eigenvalue weighted by Gasteiger charge is 2.37. The largest absolute Gasteiger partial charge is 0.417 e. The van der Waals surface area contributed by atoms with Crippen LogP contribution in [0.2, 0.25) is 5.02 Å². The summed E-state index contributed by atoms with van der Waals surface area (Å²) in [5, 5.41) is 1.51. The minimum Gasteiger partial charge on any atom is -0.346 e. The summed E-state index contributed by atoms with van der Waals surface area (Å²) in [5.41, 5.74) is -1.67. The van der Waals surface area contributed by atoms with Gasteiger partial charge in [0.1, 0.15) is 0 Å². The molecule has 0 saturated carbocycles. The summed E-state index contributed by atoms with van der Waals surface area (Å²) in [6, 6.07) is 13.2. The van der Waals surface area contributed by atoms with Crippen LogP contribution in [0, 0.1) is 0 Å². The van der Waals surface area contributed by atoms with E-state index in [0.29, 0.717) is 17.2 Å². The molecule has 0 radical (unpaired) electrons. The maximum atomic E-state index is 14.8. The van der Waals surface area contributed by atoms with Crippen molar-refractivity contribution in [3.05, 3.63) is 88.4 Å². The Kier molecular flexibility index (Phi) is 7.05. The van der Waals surface area contributed by atoms with E-state index in [9.17, 15) is 35.2 Å². The van der Waals surface area contributed by atoms with Gasteiger partial charge in [0, 0.05) is 11.8 Å². The second-order valence-corrected chi connectivity index (χ2v) is 9.84. The molecular formula is C23H17ClF5NO3S. The molecule has 0 unspecified atom stereocenters. The van der Waals surface area contributed by atoms with Crippen LogP contribution in [-0.2, 0) is 21.9 Å². The fourth-order valence-electron chi connectivity index (χ4n) is 3.20. The van der Waals surface area contributed by atoms with Gasteiger partial charge in [0.25, 0.3) is 11.8 Å². The van der Waals surface area contributed by atoms with Crippen molar-refractivity contribution in [3.63, 3.8) is 0 Å². The van der Waals surface area contributed by atoms with E-state index in [1.54, 1.807) is 0 Å². The Hall–Kier alpha value is -2.98. The van der Waals surface area contributed by atoms with E-state index in [2.05, 4.69) is 0 Å². The quantitative estimate of drug-likeness (QED) is 0.411. The number of benzene rings is 3. The lowest BCUT2D eigenvalue weighted by Gasteiger charge is -2.20. The van der Waals surface area contributed by atoms with Crippen LogP contribution in [0.25, 0.3) is 11.1 Å². The molecule has 34 heavy (non-hydrogen) atoms. The van der Waals surface area contributed by atoms with Gasteiger partial charge in [0.2, 0.25) is 0 Å². The second-order valence-electron chi connectivity index (χ2n) is 7.42. The summed E-state index contributed by atoms with van der Waals surface area (Å²) >= 11 is 6.05. The van der Waals surface area contributed by atoms with Gasteiger partial charge in [-0.25, -0.2) is 8.42 Å². The number of carbonyl (C=O) groups excluding carboxylic acids is 1. The van der Waals surface area contributed by atoms with Gasteiger partial charge in [-0.1, -0.05) is 48.0 Å². The molecule has 0 fully saturated rings. The monoisotopic (exact) mass is 517 g/mol. The number of hydrogen-bond donors (Lipinski definition) is 1. The lowest BCUT2D eigenvalue weighted by Crippen LogP contribution is -2.36.